The van der Waals surface area contributed by atoms with E-state index in [1.807, 2.05) is 7.05 Å². The summed E-state index contributed by atoms with van der Waals surface area (Å²) in [7, 11) is 1.84. The fraction of sp³-hybridized carbons (Fsp3) is 0.125. The molecule has 0 atom stereocenters. The molecular weight excluding hydrogens is 138 g/mol. The summed E-state index contributed by atoms with van der Waals surface area (Å²) in [6.07, 6.45) is 3.37. The second-order valence-electron chi connectivity index (χ2n) is 2.21. The Morgan fingerprint density at radius 1 is 1.45 bits per heavy atom. The molecular formula is C8H11N3. The van der Waals surface area contributed by atoms with E-state index >= 15 is 0 Å². The summed E-state index contributed by atoms with van der Waals surface area (Å²) in [6.45, 7) is 7.26. The number of rotatable bonds is 2. The third-order valence-electron chi connectivity index (χ3n) is 1.59. The van der Waals surface area contributed by atoms with Gasteiger partial charge in [-0.15, -0.1) is 0 Å². The molecule has 1 aromatic rings. The van der Waals surface area contributed by atoms with E-state index in [-0.39, 0.29) is 0 Å². The largest absolute Gasteiger partial charge is 0.369 e. The van der Waals surface area contributed by atoms with E-state index in [2.05, 4.69) is 18.1 Å². The van der Waals surface area contributed by atoms with Crippen molar-refractivity contribution >= 4 is 18.1 Å². The van der Waals surface area contributed by atoms with Crippen LogP contribution in [0.3, 0.4) is 0 Å². The van der Waals surface area contributed by atoms with Gasteiger partial charge >= 0.3 is 0 Å². The van der Waals surface area contributed by atoms with Gasteiger partial charge in [-0.1, -0.05) is 13.2 Å². The van der Waals surface area contributed by atoms with Gasteiger partial charge in [0.2, 0.25) is 5.95 Å². The fourth-order valence-corrected chi connectivity index (χ4v) is 0.943. The predicted molar refractivity (Wildman–Crippen MR) is 47.8 cm³/mol. The van der Waals surface area contributed by atoms with E-state index in [4.69, 9.17) is 5.73 Å². The summed E-state index contributed by atoms with van der Waals surface area (Å²) >= 11 is 0. The van der Waals surface area contributed by atoms with Gasteiger partial charge in [0.1, 0.15) is 0 Å². The van der Waals surface area contributed by atoms with Crippen LogP contribution in [0.1, 0.15) is 11.4 Å². The average molecular weight is 149 g/mol. The molecule has 0 amide bonds. The molecule has 0 aliphatic carbocycles. The number of anilines is 1. The van der Waals surface area contributed by atoms with Crippen molar-refractivity contribution in [2.24, 2.45) is 7.05 Å². The second-order valence-corrected chi connectivity index (χ2v) is 2.21. The molecule has 3 heteroatoms. The summed E-state index contributed by atoms with van der Waals surface area (Å²) in [5.41, 5.74) is 7.23. The second kappa shape index (κ2) is 2.62. The Morgan fingerprint density at radius 3 is 2.45 bits per heavy atom. The van der Waals surface area contributed by atoms with Crippen LogP contribution in [0, 0.1) is 0 Å². The highest BCUT2D eigenvalue weighted by Gasteiger charge is 2.05. The third kappa shape index (κ3) is 1.05. The molecule has 3 nitrogen and oxygen atoms in total. The number of nitrogen functional groups attached to an aromatic ring is 1. The van der Waals surface area contributed by atoms with Gasteiger partial charge in [-0.05, 0) is 12.2 Å². The zero-order chi connectivity index (χ0) is 8.43. The molecule has 0 fully saturated rings. The molecule has 11 heavy (non-hydrogen) atoms. The standard InChI is InChI=1S/C8H11N3/c1-4-6-7(5-2)11(3)8(9)10-6/h4-5H,1-2H2,3H3,(H2,9,10). The summed E-state index contributed by atoms with van der Waals surface area (Å²) in [5.74, 6) is 0.481. The van der Waals surface area contributed by atoms with Crippen molar-refractivity contribution in [1.82, 2.24) is 9.55 Å². The lowest BCUT2D eigenvalue weighted by Crippen LogP contribution is -1.97. The van der Waals surface area contributed by atoms with Gasteiger partial charge in [0.15, 0.2) is 0 Å². The SMILES string of the molecule is C=Cc1nc(N)n(C)c1C=C. The molecule has 0 unspecified atom stereocenters. The molecule has 1 aromatic heterocycles. The zero-order valence-corrected chi connectivity index (χ0v) is 6.54. The molecule has 1 rings (SSSR count). The van der Waals surface area contributed by atoms with Gasteiger partial charge in [-0.2, -0.15) is 0 Å². The van der Waals surface area contributed by atoms with E-state index < -0.39 is 0 Å². The Kier molecular flexibility index (Phi) is 1.81. The van der Waals surface area contributed by atoms with Crippen molar-refractivity contribution in [1.29, 1.82) is 0 Å². The first-order chi connectivity index (χ1) is 5.20. The van der Waals surface area contributed by atoms with Gasteiger partial charge in [0.05, 0.1) is 11.4 Å². The molecule has 0 radical (unpaired) electrons. The lowest BCUT2D eigenvalue weighted by atomic mass is 10.3. The van der Waals surface area contributed by atoms with Crippen LogP contribution in [-0.2, 0) is 7.05 Å². The zero-order valence-electron chi connectivity index (χ0n) is 6.54. The molecule has 2 N–H and O–H groups in total. The number of nitrogens with zero attached hydrogens (tertiary/aromatic N) is 2. The summed E-state index contributed by atoms with van der Waals surface area (Å²) < 4.78 is 1.77. The number of hydrogen-bond acceptors (Lipinski definition) is 2. The highest BCUT2D eigenvalue weighted by molar-refractivity contribution is 5.60. The number of nitrogens with two attached hydrogens (primary N) is 1. The van der Waals surface area contributed by atoms with Crippen molar-refractivity contribution in [2.45, 2.75) is 0 Å². The maximum absolute atomic E-state index is 5.55. The van der Waals surface area contributed by atoms with Crippen LogP contribution in [0.4, 0.5) is 5.95 Å². The minimum Gasteiger partial charge on any atom is -0.369 e. The monoisotopic (exact) mass is 149 g/mol. The topological polar surface area (TPSA) is 43.8 Å². The Hall–Kier alpha value is -1.51. The molecule has 0 aliphatic heterocycles. The first-order valence-electron chi connectivity index (χ1n) is 3.27. The van der Waals surface area contributed by atoms with Crippen molar-refractivity contribution in [3.05, 3.63) is 24.5 Å². The first-order valence-corrected chi connectivity index (χ1v) is 3.27. The van der Waals surface area contributed by atoms with E-state index in [1.54, 1.807) is 16.7 Å². The summed E-state index contributed by atoms with van der Waals surface area (Å²) in [6, 6.07) is 0. The predicted octanol–water partition coefficient (Wildman–Crippen LogP) is 1.29. The van der Waals surface area contributed by atoms with Crippen LogP contribution in [0.25, 0.3) is 12.2 Å². The van der Waals surface area contributed by atoms with Gasteiger partial charge < -0.3 is 10.3 Å². The van der Waals surface area contributed by atoms with Crippen LogP contribution < -0.4 is 5.73 Å². The first kappa shape index (κ1) is 7.60. The van der Waals surface area contributed by atoms with Crippen LogP contribution in [0.5, 0.6) is 0 Å². The highest BCUT2D eigenvalue weighted by atomic mass is 15.1. The molecule has 1 heterocycles. The number of aromatic nitrogens is 2. The maximum Gasteiger partial charge on any atom is 0.200 e. The minimum absolute atomic E-state index is 0.481. The average Bonchev–Trinajstić information content (AvgIpc) is 2.28. The van der Waals surface area contributed by atoms with Crippen molar-refractivity contribution in [3.63, 3.8) is 0 Å². The molecule has 0 spiro atoms. The Balaban J connectivity index is 3.37. The van der Waals surface area contributed by atoms with Crippen LogP contribution in [-0.4, -0.2) is 9.55 Å². The molecule has 0 bridgehead atoms. The van der Waals surface area contributed by atoms with Crippen molar-refractivity contribution in [2.75, 3.05) is 5.73 Å². The normalized spacial score (nSPS) is 9.55. The van der Waals surface area contributed by atoms with Gasteiger partial charge in [0, 0.05) is 7.05 Å². The Morgan fingerprint density at radius 2 is 2.09 bits per heavy atom. The minimum atomic E-state index is 0.481. The highest BCUT2D eigenvalue weighted by Crippen LogP contribution is 2.13. The molecule has 58 valence electrons. The Bertz CT molecular complexity index is 297. The van der Waals surface area contributed by atoms with Crippen LogP contribution in [0.15, 0.2) is 13.2 Å². The van der Waals surface area contributed by atoms with E-state index in [0.717, 1.165) is 11.4 Å². The van der Waals surface area contributed by atoms with Crippen molar-refractivity contribution in [3.8, 4) is 0 Å². The third-order valence-corrected chi connectivity index (χ3v) is 1.59. The molecule has 0 aromatic carbocycles. The molecule has 0 saturated heterocycles. The van der Waals surface area contributed by atoms with Crippen molar-refractivity contribution < 1.29 is 0 Å². The van der Waals surface area contributed by atoms with Crippen LogP contribution in [0.2, 0.25) is 0 Å². The molecule has 0 saturated carbocycles. The summed E-state index contributed by atoms with van der Waals surface area (Å²) in [5, 5.41) is 0. The van der Waals surface area contributed by atoms with Gasteiger partial charge in [-0.25, -0.2) is 4.98 Å². The quantitative estimate of drug-likeness (QED) is 0.688. The van der Waals surface area contributed by atoms with E-state index in [0.29, 0.717) is 5.95 Å². The number of hydrogen-bond donors (Lipinski definition) is 1. The van der Waals surface area contributed by atoms with Gasteiger partial charge in [0.25, 0.3) is 0 Å². The Labute approximate surface area is 65.9 Å². The van der Waals surface area contributed by atoms with Crippen LogP contribution >= 0.6 is 0 Å². The van der Waals surface area contributed by atoms with E-state index in [1.165, 1.54) is 0 Å². The fourth-order valence-electron chi connectivity index (χ4n) is 0.943. The number of imidazole rings is 1. The van der Waals surface area contributed by atoms with E-state index in [9.17, 15) is 0 Å². The lowest BCUT2D eigenvalue weighted by molar-refractivity contribution is 0.918. The lowest BCUT2D eigenvalue weighted by Gasteiger charge is -1.96. The smallest absolute Gasteiger partial charge is 0.200 e. The summed E-state index contributed by atoms with van der Waals surface area (Å²) in [4.78, 5) is 4.05. The maximum atomic E-state index is 5.55. The molecule has 0 aliphatic rings. The van der Waals surface area contributed by atoms with Gasteiger partial charge in [-0.3, -0.25) is 0 Å².